The smallest absolute Gasteiger partial charge is 0.379 e. The van der Waals surface area contributed by atoms with Crippen molar-refractivity contribution in [2.75, 3.05) is 13.2 Å². The van der Waals surface area contributed by atoms with E-state index in [4.69, 9.17) is 14.5 Å². The van der Waals surface area contributed by atoms with Crippen LogP contribution in [0, 0.1) is 0 Å². The number of ether oxygens (including phenoxy) is 1. The summed E-state index contributed by atoms with van der Waals surface area (Å²) in [6.45, 7) is 0.801. The molecule has 2 N–H and O–H groups in total. The fraction of sp³-hybridized carbons (Fsp3) is 1.00. The highest BCUT2D eigenvalue weighted by Crippen LogP contribution is 2.38. The van der Waals surface area contributed by atoms with Crippen molar-refractivity contribution in [3.05, 3.63) is 0 Å². The molecule has 0 radical (unpaired) electrons. The highest BCUT2D eigenvalue weighted by Gasteiger charge is 2.25. The summed E-state index contributed by atoms with van der Waals surface area (Å²) in [5.41, 5.74) is 0. The summed E-state index contributed by atoms with van der Waals surface area (Å²) in [6, 6.07) is 0. The van der Waals surface area contributed by atoms with E-state index in [0.717, 1.165) is 0 Å². The van der Waals surface area contributed by atoms with Gasteiger partial charge in [-0.25, -0.2) is 4.57 Å². The van der Waals surface area contributed by atoms with Gasteiger partial charge in [0.05, 0.1) is 12.7 Å². The molecule has 0 unspecified atom stereocenters. The molecule has 1 saturated heterocycles. The van der Waals surface area contributed by atoms with Crippen LogP contribution in [0.1, 0.15) is 6.42 Å². The van der Waals surface area contributed by atoms with Gasteiger partial charge in [-0.15, -0.1) is 0 Å². The van der Waals surface area contributed by atoms with Crippen LogP contribution in [0.2, 0.25) is 0 Å². The maximum Gasteiger partial charge on any atom is 0.469 e. The first kappa shape index (κ1) is 8.17. The first-order valence-electron chi connectivity index (χ1n) is 2.89. The standard InChI is InChI=1S/C4H9O5P/c5-10(6,7)9-4-1-2-8-3-4/h4H,1-3H2,(H2,5,6,7)/t4-/m0/s1. The van der Waals surface area contributed by atoms with Gasteiger partial charge in [-0.05, 0) is 6.42 Å². The summed E-state index contributed by atoms with van der Waals surface area (Å²) in [6.07, 6.45) is 0.131. The lowest BCUT2D eigenvalue weighted by molar-refractivity contribution is 0.108. The topological polar surface area (TPSA) is 76.0 Å². The molecule has 0 spiro atoms. The molecule has 60 valence electrons. The van der Waals surface area contributed by atoms with Crippen molar-refractivity contribution in [1.29, 1.82) is 0 Å². The third-order valence-corrected chi connectivity index (χ3v) is 1.75. The molecule has 0 amide bonds. The zero-order chi connectivity index (χ0) is 7.61. The molecule has 0 aromatic rings. The minimum absolute atomic E-state index is 0.283. The molecule has 6 heteroatoms. The van der Waals surface area contributed by atoms with E-state index in [1.54, 1.807) is 0 Å². The van der Waals surface area contributed by atoms with Crippen molar-refractivity contribution in [2.24, 2.45) is 0 Å². The van der Waals surface area contributed by atoms with Crippen LogP contribution in [0.15, 0.2) is 0 Å². The van der Waals surface area contributed by atoms with Crippen molar-refractivity contribution < 1.29 is 23.6 Å². The third-order valence-electron chi connectivity index (χ3n) is 1.17. The summed E-state index contributed by atoms with van der Waals surface area (Å²) in [5, 5.41) is 0. The van der Waals surface area contributed by atoms with E-state index in [1.165, 1.54) is 0 Å². The number of hydrogen-bond donors (Lipinski definition) is 2. The Morgan fingerprint density at radius 1 is 1.60 bits per heavy atom. The fourth-order valence-corrected chi connectivity index (χ4v) is 1.34. The lowest BCUT2D eigenvalue weighted by Gasteiger charge is -2.09. The summed E-state index contributed by atoms with van der Waals surface area (Å²) < 4.78 is 19.4. The minimum atomic E-state index is -4.29. The van der Waals surface area contributed by atoms with E-state index in [2.05, 4.69) is 4.52 Å². The van der Waals surface area contributed by atoms with Crippen LogP contribution in [-0.2, 0) is 13.8 Å². The minimum Gasteiger partial charge on any atom is -0.379 e. The maximum atomic E-state index is 10.2. The van der Waals surface area contributed by atoms with Gasteiger partial charge in [-0.3, -0.25) is 4.52 Å². The summed E-state index contributed by atoms with van der Waals surface area (Å²) in [5.74, 6) is 0. The van der Waals surface area contributed by atoms with E-state index in [0.29, 0.717) is 13.0 Å². The van der Waals surface area contributed by atoms with Crippen molar-refractivity contribution >= 4 is 7.82 Å². The molecule has 10 heavy (non-hydrogen) atoms. The Morgan fingerprint density at radius 2 is 2.30 bits per heavy atom. The third kappa shape index (κ3) is 2.77. The van der Waals surface area contributed by atoms with E-state index >= 15 is 0 Å². The van der Waals surface area contributed by atoms with Crippen LogP contribution < -0.4 is 0 Å². The molecule has 1 aliphatic heterocycles. The maximum absolute atomic E-state index is 10.2. The predicted octanol–water partition coefficient (Wildman–Crippen LogP) is -0.115. The first-order valence-corrected chi connectivity index (χ1v) is 4.42. The van der Waals surface area contributed by atoms with E-state index in [1.807, 2.05) is 0 Å². The van der Waals surface area contributed by atoms with Crippen LogP contribution in [0.3, 0.4) is 0 Å². The molecular weight excluding hydrogens is 159 g/mol. The monoisotopic (exact) mass is 168 g/mol. The molecule has 1 atom stereocenters. The van der Waals surface area contributed by atoms with Crippen molar-refractivity contribution in [3.63, 3.8) is 0 Å². The summed E-state index contributed by atoms with van der Waals surface area (Å²) in [4.78, 5) is 16.6. The molecule has 5 nitrogen and oxygen atoms in total. The molecule has 0 bridgehead atoms. The van der Waals surface area contributed by atoms with Crippen LogP contribution in [-0.4, -0.2) is 29.1 Å². The fourth-order valence-electron chi connectivity index (χ4n) is 0.790. The summed E-state index contributed by atoms with van der Waals surface area (Å²) >= 11 is 0. The Kier molecular flexibility index (Phi) is 2.44. The average molecular weight is 168 g/mol. The quantitative estimate of drug-likeness (QED) is 0.562. The van der Waals surface area contributed by atoms with Crippen LogP contribution in [0.5, 0.6) is 0 Å². The molecule has 1 aliphatic rings. The molecule has 0 aliphatic carbocycles. The second-order valence-electron chi connectivity index (χ2n) is 2.08. The van der Waals surface area contributed by atoms with Gasteiger partial charge < -0.3 is 14.5 Å². The molecular formula is C4H9O5P. The Hall–Kier alpha value is 0.0700. The molecule has 0 aromatic heterocycles. The van der Waals surface area contributed by atoms with Crippen molar-refractivity contribution in [3.8, 4) is 0 Å². The van der Waals surface area contributed by atoms with Gasteiger partial charge in [0.25, 0.3) is 0 Å². The van der Waals surface area contributed by atoms with Crippen LogP contribution in [0.4, 0.5) is 0 Å². The number of rotatable bonds is 2. The van der Waals surface area contributed by atoms with E-state index < -0.39 is 13.9 Å². The van der Waals surface area contributed by atoms with Crippen LogP contribution in [0.25, 0.3) is 0 Å². The van der Waals surface area contributed by atoms with Gasteiger partial charge in [-0.1, -0.05) is 0 Å². The number of phosphoric ester groups is 1. The first-order chi connectivity index (χ1) is 4.58. The largest absolute Gasteiger partial charge is 0.469 e. The van der Waals surface area contributed by atoms with Crippen molar-refractivity contribution in [1.82, 2.24) is 0 Å². The second-order valence-corrected chi connectivity index (χ2v) is 3.27. The van der Waals surface area contributed by atoms with Gasteiger partial charge in [-0.2, -0.15) is 0 Å². The van der Waals surface area contributed by atoms with E-state index in [9.17, 15) is 4.57 Å². The zero-order valence-corrected chi connectivity index (χ0v) is 6.16. The SMILES string of the molecule is O=P(O)(O)O[C@H]1CCOC1. The highest BCUT2D eigenvalue weighted by molar-refractivity contribution is 7.46. The van der Waals surface area contributed by atoms with Gasteiger partial charge in [0.1, 0.15) is 0 Å². The number of hydrogen-bond acceptors (Lipinski definition) is 3. The predicted molar refractivity (Wildman–Crippen MR) is 32.4 cm³/mol. The van der Waals surface area contributed by atoms with Crippen LogP contribution >= 0.6 is 7.82 Å². The Balaban J connectivity index is 2.31. The average Bonchev–Trinajstić information content (AvgIpc) is 2.12. The number of phosphoric acid groups is 1. The van der Waals surface area contributed by atoms with E-state index in [-0.39, 0.29) is 6.61 Å². The Morgan fingerprint density at radius 3 is 2.70 bits per heavy atom. The normalized spacial score (nSPS) is 27.2. The van der Waals surface area contributed by atoms with Gasteiger partial charge >= 0.3 is 7.82 Å². The Labute approximate surface area is 58.2 Å². The molecule has 1 rings (SSSR count). The molecule has 1 fully saturated rings. The lowest BCUT2D eigenvalue weighted by atomic mass is 10.3. The van der Waals surface area contributed by atoms with Gasteiger partial charge in [0, 0.05) is 6.61 Å². The summed E-state index contributed by atoms with van der Waals surface area (Å²) in [7, 11) is -4.29. The second kappa shape index (κ2) is 2.98. The molecule has 0 saturated carbocycles. The lowest BCUT2D eigenvalue weighted by Crippen LogP contribution is -2.09. The highest BCUT2D eigenvalue weighted by atomic mass is 31.2. The van der Waals surface area contributed by atoms with Gasteiger partial charge in [0.15, 0.2) is 0 Å². The Bertz CT molecular complexity index is 146. The zero-order valence-electron chi connectivity index (χ0n) is 5.27. The van der Waals surface area contributed by atoms with Gasteiger partial charge in [0.2, 0.25) is 0 Å². The molecule has 1 heterocycles. The van der Waals surface area contributed by atoms with Crippen molar-refractivity contribution in [2.45, 2.75) is 12.5 Å². The molecule has 0 aromatic carbocycles.